The van der Waals surface area contributed by atoms with Crippen LogP contribution in [0.15, 0.2) is 55.1 Å². The number of nitrogens with one attached hydrogen (secondary N) is 2. The molecule has 1 aliphatic rings. The Bertz CT molecular complexity index is 1530. The predicted octanol–water partition coefficient (Wildman–Crippen LogP) is 3.45. The number of imidazole rings is 1. The summed E-state index contributed by atoms with van der Waals surface area (Å²) < 4.78 is 42.4. The van der Waals surface area contributed by atoms with Gasteiger partial charge < -0.3 is 26.2 Å². The summed E-state index contributed by atoms with van der Waals surface area (Å²) in [5.41, 5.74) is 6.52. The largest absolute Gasteiger partial charge is 0.416 e. The number of aromatic nitrogens is 4. The van der Waals surface area contributed by atoms with E-state index in [0.717, 1.165) is 12.1 Å². The zero-order valence-corrected chi connectivity index (χ0v) is 20.7. The Balaban J connectivity index is 1.31. The van der Waals surface area contributed by atoms with Crippen molar-refractivity contribution in [3.63, 3.8) is 0 Å². The van der Waals surface area contributed by atoms with Crippen molar-refractivity contribution < 1.29 is 22.8 Å². The van der Waals surface area contributed by atoms with Crippen molar-refractivity contribution >= 4 is 40.3 Å². The van der Waals surface area contributed by atoms with Gasteiger partial charge in [-0.15, -0.1) is 0 Å². The van der Waals surface area contributed by atoms with Crippen LogP contribution in [0, 0.1) is 0 Å². The molecule has 3 heterocycles. The van der Waals surface area contributed by atoms with Gasteiger partial charge in [-0.2, -0.15) is 13.2 Å². The molecule has 3 amide bonds. The maximum Gasteiger partial charge on any atom is 0.416 e. The number of rotatable bonds is 4. The molecule has 39 heavy (non-hydrogen) atoms. The third-order valence-electron chi connectivity index (χ3n) is 6.32. The van der Waals surface area contributed by atoms with E-state index in [1.807, 2.05) is 11.9 Å². The number of nitrogens with two attached hydrogens (primary N) is 1. The first-order valence-electron chi connectivity index (χ1n) is 11.9. The highest BCUT2D eigenvalue weighted by atomic mass is 19.4. The molecule has 0 aliphatic carbocycles. The van der Waals surface area contributed by atoms with Crippen LogP contribution in [-0.4, -0.2) is 74.5 Å². The molecule has 1 saturated heterocycles. The second kappa shape index (κ2) is 10.2. The third-order valence-corrected chi connectivity index (χ3v) is 6.32. The topological polar surface area (TPSA) is 134 Å². The number of benzene rings is 2. The lowest BCUT2D eigenvalue weighted by Crippen LogP contribution is -2.47. The van der Waals surface area contributed by atoms with Crippen LogP contribution >= 0.6 is 0 Å². The van der Waals surface area contributed by atoms with Gasteiger partial charge in [0.05, 0.1) is 5.56 Å². The molecule has 4 aromatic rings. The normalized spacial score (nSPS) is 14.4. The van der Waals surface area contributed by atoms with Crippen LogP contribution in [0.2, 0.25) is 0 Å². The number of carbonyl (C=O) groups excluding carboxylic acids is 2. The molecule has 0 spiro atoms. The van der Waals surface area contributed by atoms with Crippen molar-refractivity contribution in [2.24, 2.45) is 0 Å². The fourth-order valence-electron chi connectivity index (χ4n) is 4.22. The maximum atomic E-state index is 13.6. The third kappa shape index (κ3) is 5.60. The number of halogens is 3. The summed E-state index contributed by atoms with van der Waals surface area (Å²) >= 11 is 0. The molecule has 5 rings (SSSR count). The predicted molar refractivity (Wildman–Crippen MR) is 139 cm³/mol. The van der Waals surface area contributed by atoms with Gasteiger partial charge in [-0.25, -0.2) is 19.7 Å². The lowest BCUT2D eigenvalue weighted by Gasteiger charge is -2.32. The van der Waals surface area contributed by atoms with Gasteiger partial charge in [0.25, 0.3) is 5.91 Å². The molecule has 0 bridgehead atoms. The average Bonchev–Trinajstić information content (AvgIpc) is 3.34. The Morgan fingerprint density at radius 3 is 2.31 bits per heavy atom. The zero-order chi connectivity index (χ0) is 27.7. The minimum absolute atomic E-state index is 0.147. The van der Waals surface area contributed by atoms with Crippen LogP contribution in [0.4, 0.5) is 35.2 Å². The molecule has 202 valence electrons. The summed E-state index contributed by atoms with van der Waals surface area (Å²) in [6.45, 7) is 2.05. The fraction of sp³-hybridized carbons (Fsp3) is 0.240. The number of hydrogen-bond donors (Lipinski definition) is 3. The van der Waals surface area contributed by atoms with Gasteiger partial charge >= 0.3 is 12.2 Å². The van der Waals surface area contributed by atoms with E-state index in [0.29, 0.717) is 48.7 Å². The highest BCUT2D eigenvalue weighted by Crippen LogP contribution is 2.32. The highest BCUT2D eigenvalue weighted by Gasteiger charge is 2.33. The van der Waals surface area contributed by atoms with Crippen molar-refractivity contribution in [3.8, 4) is 5.69 Å². The molecular weight excluding hydrogens is 515 g/mol. The smallest absolute Gasteiger partial charge is 0.382 e. The Morgan fingerprint density at radius 1 is 0.923 bits per heavy atom. The number of nitrogens with zero attached hydrogens (tertiary/aromatic N) is 6. The summed E-state index contributed by atoms with van der Waals surface area (Å²) in [5, 5.41) is 4.99. The van der Waals surface area contributed by atoms with Gasteiger partial charge in [0.15, 0.2) is 17.0 Å². The SMILES string of the molecule is CN1CCN(C(=O)c2cc(NC(=O)Nc3ccc(-n4cnc5c(N)ncnc54)cc3)cc(C(F)(F)F)c2)CC1. The van der Waals surface area contributed by atoms with Crippen molar-refractivity contribution in [1.82, 2.24) is 29.3 Å². The van der Waals surface area contributed by atoms with Gasteiger partial charge in [-0.3, -0.25) is 9.36 Å². The standard InChI is InChI=1S/C25H24F3N9O2/c1-35-6-8-36(9-7-35)23(38)15-10-16(25(26,27)28)12-18(11-15)34-24(39)33-17-2-4-19(5-3-17)37-14-32-20-21(29)30-13-31-22(20)37/h2-5,10-14H,6-9H2,1H3,(H2,29,30,31)(H2,33,34,39). The quantitative estimate of drug-likeness (QED) is 0.362. The molecule has 14 heteroatoms. The lowest BCUT2D eigenvalue weighted by molar-refractivity contribution is -0.137. The van der Waals surface area contributed by atoms with E-state index in [9.17, 15) is 22.8 Å². The van der Waals surface area contributed by atoms with E-state index in [4.69, 9.17) is 5.73 Å². The molecule has 11 nitrogen and oxygen atoms in total. The van der Waals surface area contributed by atoms with E-state index in [2.05, 4.69) is 25.6 Å². The molecule has 0 radical (unpaired) electrons. The van der Waals surface area contributed by atoms with Crippen molar-refractivity contribution in [1.29, 1.82) is 0 Å². The number of urea groups is 1. The fourth-order valence-corrected chi connectivity index (χ4v) is 4.22. The van der Waals surface area contributed by atoms with Crippen LogP contribution in [0.1, 0.15) is 15.9 Å². The van der Waals surface area contributed by atoms with Gasteiger partial charge in [0, 0.05) is 48.8 Å². The van der Waals surface area contributed by atoms with Gasteiger partial charge in [-0.05, 0) is 49.5 Å². The first-order valence-corrected chi connectivity index (χ1v) is 11.9. The first-order chi connectivity index (χ1) is 18.6. The van der Waals surface area contributed by atoms with Crippen LogP contribution in [0.5, 0.6) is 0 Å². The number of hydrogen-bond acceptors (Lipinski definition) is 7. The second-order valence-electron chi connectivity index (χ2n) is 9.06. The number of carbonyl (C=O) groups is 2. The minimum atomic E-state index is -4.70. The number of alkyl halides is 3. The summed E-state index contributed by atoms with van der Waals surface area (Å²) in [6, 6.07) is 8.70. The Morgan fingerprint density at radius 2 is 1.62 bits per heavy atom. The van der Waals surface area contributed by atoms with E-state index < -0.39 is 23.7 Å². The number of anilines is 3. The van der Waals surface area contributed by atoms with Gasteiger partial charge in [0.2, 0.25) is 0 Å². The summed E-state index contributed by atoms with van der Waals surface area (Å²) in [5.74, 6) is -0.274. The van der Waals surface area contributed by atoms with Crippen LogP contribution in [0.3, 0.4) is 0 Å². The summed E-state index contributed by atoms with van der Waals surface area (Å²) in [4.78, 5) is 41.4. The van der Waals surface area contributed by atoms with Crippen LogP contribution in [-0.2, 0) is 6.18 Å². The lowest BCUT2D eigenvalue weighted by atomic mass is 10.1. The van der Waals surface area contributed by atoms with E-state index in [1.165, 1.54) is 17.3 Å². The maximum absolute atomic E-state index is 13.6. The van der Waals surface area contributed by atoms with Gasteiger partial charge in [0.1, 0.15) is 12.7 Å². The van der Waals surface area contributed by atoms with Crippen LogP contribution < -0.4 is 16.4 Å². The van der Waals surface area contributed by atoms with Crippen molar-refractivity contribution in [3.05, 3.63) is 66.2 Å². The summed E-state index contributed by atoms with van der Waals surface area (Å²) in [6.07, 6.45) is -1.83. The number of amides is 3. The van der Waals surface area contributed by atoms with Gasteiger partial charge in [-0.1, -0.05) is 0 Å². The summed E-state index contributed by atoms with van der Waals surface area (Å²) in [7, 11) is 1.91. The first kappa shape index (κ1) is 25.9. The number of likely N-dealkylation sites (N-methyl/N-ethyl adjacent to an activating group) is 1. The average molecular weight is 540 g/mol. The Labute approximate surface area is 220 Å². The highest BCUT2D eigenvalue weighted by molar-refractivity contribution is 6.01. The van der Waals surface area contributed by atoms with E-state index in [1.54, 1.807) is 35.2 Å². The van der Waals surface area contributed by atoms with Crippen molar-refractivity contribution in [2.45, 2.75) is 6.18 Å². The molecule has 1 aliphatic heterocycles. The molecule has 1 fully saturated rings. The molecule has 0 atom stereocenters. The number of piperazine rings is 1. The molecule has 4 N–H and O–H groups in total. The zero-order valence-electron chi connectivity index (χ0n) is 20.7. The van der Waals surface area contributed by atoms with Crippen LogP contribution in [0.25, 0.3) is 16.9 Å². The van der Waals surface area contributed by atoms with Crippen molar-refractivity contribution in [2.75, 3.05) is 49.6 Å². The Kier molecular flexibility index (Phi) is 6.78. The minimum Gasteiger partial charge on any atom is -0.382 e. The molecule has 2 aromatic heterocycles. The molecule has 2 aromatic carbocycles. The van der Waals surface area contributed by atoms with E-state index in [-0.39, 0.29) is 17.1 Å². The Hall–Kier alpha value is -4.72. The number of nitrogen functional groups attached to an aromatic ring is 1. The number of fused-ring (bicyclic) bond motifs is 1. The molecular formula is C25H24F3N9O2. The monoisotopic (exact) mass is 539 g/mol. The molecule has 0 saturated carbocycles. The second-order valence-corrected chi connectivity index (χ2v) is 9.06. The molecule has 0 unspecified atom stereocenters. The van der Waals surface area contributed by atoms with E-state index >= 15 is 0 Å².